The molecule has 0 saturated heterocycles. The Kier molecular flexibility index (Phi) is 5.81. The van der Waals surface area contributed by atoms with Gasteiger partial charge in [0.2, 0.25) is 0 Å². The second-order valence-corrected chi connectivity index (χ2v) is 5.98. The van der Waals surface area contributed by atoms with Gasteiger partial charge < -0.3 is 15.1 Å². The summed E-state index contributed by atoms with van der Waals surface area (Å²) in [5.41, 5.74) is 1.34. The summed E-state index contributed by atoms with van der Waals surface area (Å²) >= 11 is 0. The number of ketones is 1. The second kappa shape index (κ2) is 8.64. The van der Waals surface area contributed by atoms with Crippen LogP contribution in [0.4, 0.5) is 5.69 Å². The van der Waals surface area contributed by atoms with Crippen molar-refractivity contribution >= 4 is 29.4 Å². The maximum atomic E-state index is 12.8. The highest BCUT2D eigenvalue weighted by Crippen LogP contribution is 2.14. The number of furan rings is 1. The SMILES string of the molecule is CC(=O)c1cccc(NC(=O)C(=Cc2ccco2)NC(=O)c2ccccc2)c1. The zero-order valence-electron chi connectivity index (χ0n) is 15.1. The number of carbonyl (C=O) groups excluding carboxylic acids is 3. The van der Waals surface area contributed by atoms with E-state index in [2.05, 4.69) is 10.6 Å². The molecule has 1 heterocycles. The van der Waals surface area contributed by atoms with Gasteiger partial charge in [0.05, 0.1) is 6.26 Å². The lowest BCUT2D eigenvalue weighted by Gasteiger charge is -2.11. The summed E-state index contributed by atoms with van der Waals surface area (Å²) in [4.78, 5) is 36.8. The molecule has 3 rings (SSSR count). The summed E-state index contributed by atoms with van der Waals surface area (Å²) in [5, 5.41) is 5.30. The number of rotatable bonds is 6. The van der Waals surface area contributed by atoms with Crippen LogP contribution in [0, 0.1) is 0 Å². The van der Waals surface area contributed by atoms with E-state index in [4.69, 9.17) is 4.42 Å². The highest BCUT2D eigenvalue weighted by atomic mass is 16.3. The van der Waals surface area contributed by atoms with E-state index in [1.165, 1.54) is 19.3 Å². The third-order valence-corrected chi connectivity index (χ3v) is 3.89. The van der Waals surface area contributed by atoms with Gasteiger partial charge in [0, 0.05) is 22.9 Å². The molecular formula is C22H18N2O4. The Morgan fingerprint density at radius 2 is 1.64 bits per heavy atom. The molecule has 0 aliphatic carbocycles. The average molecular weight is 374 g/mol. The lowest BCUT2D eigenvalue weighted by atomic mass is 10.1. The van der Waals surface area contributed by atoms with Gasteiger partial charge in [0.15, 0.2) is 5.78 Å². The Balaban J connectivity index is 1.84. The van der Waals surface area contributed by atoms with Crippen LogP contribution in [0.5, 0.6) is 0 Å². The largest absolute Gasteiger partial charge is 0.465 e. The van der Waals surface area contributed by atoms with Crippen molar-refractivity contribution < 1.29 is 18.8 Å². The Bertz CT molecular complexity index is 1020. The van der Waals surface area contributed by atoms with E-state index in [-0.39, 0.29) is 11.5 Å². The van der Waals surface area contributed by atoms with Gasteiger partial charge in [-0.05, 0) is 43.3 Å². The van der Waals surface area contributed by atoms with E-state index in [9.17, 15) is 14.4 Å². The number of hydrogen-bond acceptors (Lipinski definition) is 4. The molecule has 0 radical (unpaired) electrons. The van der Waals surface area contributed by atoms with Crippen LogP contribution in [-0.2, 0) is 4.79 Å². The van der Waals surface area contributed by atoms with E-state index in [0.717, 1.165) is 0 Å². The first-order valence-electron chi connectivity index (χ1n) is 8.57. The van der Waals surface area contributed by atoms with Crippen molar-refractivity contribution in [2.75, 3.05) is 5.32 Å². The molecule has 2 N–H and O–H groups in total. The fourth-order valence-corrected chi connectivity index (χ4v) is 2.47. The first-order chi connectivity index (χ1) is 13.5. The molecule has 6 nitrogen and oxygen atoms in total. The van der Waals surface area contributed by atoms with E-state index in [1.807, 2.05) is 0 Å². The van der Waals surface area contributed by atoms with Crippen LogP contribution < -0.4 is 10.6 Å². The fourth-order valence-electron chi connectivity index (χ4n) is 2.47. The van der Waals surface area contributed by atoms with Crippen LogP contribution >= 0.6 is 0 Å². The normalized spacial score (nSPS) is 11.0. The van der Waals surface area contributed by atoms with Crippen molar-refractivity contribution in [2.24, 2.45) is 0 Å². The van der Waals surface area contributed by atoms with E-state index in [1.54, 1.807) is 66.7 Å². The monoisotopic (exact) mass is 374 g/mol. The standard InChI is InChI=1S/C22H18N2O4/c1-15(25)17-9-5-10-18(13-17)23-22(27)20(14-19-11-6-12-28-19)24-21(26)16-7-3-2-4-8-16/h2-14H,1H3,(H,23,27)(H,24,26). The van der Waals surface area contributed by atoms with E-state index < -0.39 is 11.8 Å². The van der Waals surface area contributed by atoms with Gasteiger partial charge in [-0.25, -0.2) is 0 Å². The van der Waals surface area contributed by atoms with E-state index >= 15 is 0 Å². The Hall–Kier alpha value is -3.93. The molecule has 140 valence electrons. The maximum Gasteiger partial charge on any atom is 0.272 e. The second-order valence-electron chi connectivity index (χ2n) is 5.98. The molecule has 0 saturated carbocycles. The first-order valence-corrected chi connectivity index (χ1v) is 8.57. The molecule has 0 aliphatic heterocycles. The van der Waals surface area contributed by atoms with Crippen molar-refractivity contribution in [3.05, 3.63) is 95.6 Å². The minimum absolute atomic E-state index is 0.0111. The van der Waals surface area contributed by atoms with Crippen molar-refractivity contribution in [3.63, 3.8) is 0 Å². The minimum atomic E-state index is -0.540. The number of nitrogens with one attached hydrogen (secondary N) is 2. The summed E-state index contributed by atoms with van der Waals surface area (Å²) in [5.74, 6) is -0.664. The van der Waals surface area contributed by atoms with Crippen molar-refractivity contribution in [1.82, 2.24) is 5.32 Å². The smallest absolute Gasteiger partial charge is 0.272 e. The summed E-state index contributed by atoms with van der Waals surface area (Å²) in [7, 11) is 0. The molecule has 0 fully saturated rings. The molecule has 2 amide bonds. The third-order valence-electron chi connectivity index (χ3n) is 3.89. The number of carbonyl (C=O) groups is 3. The number of amides is 2. The molecule has 0 spiro atoms. The van der Waals surface area contributed by atoms with E-state index in [0.29, 0.717) is 22.6 Å². The predicted molar refractivity (Wildman–Crippen MR) is 106 cm³/mol. The predicted octanol–water partition coefficient (Wildman–Crippen LogP) is 3.89. The topological polar surface area (TPSA) is 88.4 Å². The molecule has 0 atom stereocenters. The summed E-state index contributed by atoms with van der Waals surface area (Å²) in [6.07, 6.45) is 2.90. The Morgan fingerprint density at radius 3 is 2.32 bits per heavy atom. The van der Waals surface area contributed by atoms with Gasteiger partial charge in [-0.2, -0.15) is 0 Å². The van der Waals surface area contributed by atoms with Gasteiger partial charge in [0.25, 0.3) is 11.8 Å². The zero-order valence-corrected chi connectivity index (χ0v) is 15.1. The van der Waals surface area contributed by atoms with Gasteiger partial charge in [-0.15, -0.1) is 0 Å². The molecule has 0 aliphatic rings. The van der Waals surface area contributed by atoms with Crippen LogP contribution in [0.3, 0.4) is 0 Å². The molecule has 2 aromatic carbocycles. The fraction of sp³-hybridized carbons (Fsp3) is 0.0455. The lowest BCUT2D eigenvalue weighted by Crippen LogP contribution is -2.30. The van der Waals surface area contributed by atoms with Crippen LogP contribution in [-0.4, -0.2) is 17.6 Å². The molecule has 1 aromatic heterocycles. The Morgan fingerprint density at radius 1 is 0.893 bits per heavy atom. The molecule has 0 unspecified atom stereocenters. The highest BCUT2D eigenvalue weighted by Gasteiger charge is 2.16. The van der Waals surface area contributed by atoms with Crippen LogP contribution in [0.25, 0.3) is 6.08 Å². The molecule has 3 aromatic rings. The van der Waals surface area contributed by atoms with Crippen LogP contribution in [0.2, 0.25) is 0 Å². The van der Waals surface area contributed by atoms with Crippen LogP contribution in [0.1, 0.15) is 33.4 Å². The lowest BCUT2D eigenvalue weighted by molar-refractivity contribution is -0.113. The van der Waals surface area contributed by atoms with Gasteiger partial charge in [-0.3, -0.25) is 14.4 Å². The van der Waals surface area contributed by atoms with Crippen molar-refractivity contribution in [3.8, 4) is 0 Å². The minimum Gasteiger partial charge on any atom is -0.465 e. The molecule has 28 heavy (non-hydrogen) atoms. The zero-order chi connectivity index (χ0) is 19.9. The summed E-state index contributed by atoms with van der Waals surface area (Å²) < 4.78 is 5.25. The van der Waals surface area contributed by atoms with Gasteiger partial charge >= 0.3 is 0 Å². The quantitative estimate of drug-likeness (QED) is 0.506. The maximum absolute atomic E-state index is 12.8. The highest BCUT2D eigenvalue weighted by molar-refractivity contribution is 6.10. The third kappa shape index (κ3) is 4.82. The molecular weight excluding hydrogens is 356 g/mol. The number of hydrogen-bond donors (Lipinski definition) is 2. The average Bonchev–Trinajstić information content (AvgIpc) is 3.21. The van der Waals surface area contributed by atoms with Crippen LogP contribution in [0.15, 0.2) is 83.1 Å². The number of Topliss-reactive ketones (excluding diaryl/α,β-unsaturated/α-hetero) is 1. The van der Waals surface area contributed by atoms with Gasteiger partial charge in [0.1, 0.15) is 11.5 Å². The summed E-state index contributed by atoms with van der Waals surface area (Å²) in [6, 6.07) is 18.5. The van der Waals surface area contributed by atoms with Gasteiger partial charge in [-0.1, -0.05) is 30.3 Å². The molecule has 0 bridgehead atoms. The Labute approximate surface area is 161 Å². The van der Waals surface area contributed by atoms with Crippen molar-refractivity contribution in [1.29, 1.82) is 0 Å². The summed E-state index contributed by atoms with van der Waals surface area (Å²) in [6.45, 7) is 1.45. The molecule has 6 heteroatoms. The number of anilines is 1. The first kappa shape index (κ1) is 18.8. The number of benzene rings is 2. The van der Waals surface area contributed by atoms with Crippen molar-refractivity contribution in [2.45, 2.75) is 6.92 Å².